The number of methoxy groups -OCH3 is 2. The van der Waals surface area contributed by atoms with Gasteiger partial charge in [-0.1, -0.05) is 42.5 Å². The van der Waals surface area contributed by atoms with Crippen molar-refractivity contribution >= 4 is 27.3 Å². The van der Waals surface area contributed by atoms with Gasteiger partial charge in [0.25, 0.3) is 5.56 Å². The van der Waals surface area contributed by atoms with Crippen molar-refractivity contribution in [1.29, 1.82) is 0 Å². The number of benzene rings is 3. The molecular formula is C24H18N2O3. The molecule has 5 aromatic rings. The minimum atomic E-state index is -0.248. The number of hydrogen-bond acceptors (Lipinski definition) is 4. The lowest BCUT2D eigenvalue weighted by atomic mass is 10.0. The van der Waals surface area contributed by atoms with Gasteiger partial charge in [0, 0.05) is 5.39 Å². The highest BCUT2D eigenvalue weighted by atomic mass is 16.5. The van der Waals surface area contributed by atoms with E-state index in [1.165, 1.54) is 0 Å². The van der Waals surface area contributed by atoms with Crippen LogP contribution in [-0.2, 0) is 0 Å². The Morgan fingerprint density at radius 1 is 0.793 bits per heavy atom. The molecule has 0 N–H and O–H groups in total. The average molecular weight is 382 g/mol. The third-order valence-corrected chi connectivity index (χ3v) is 5.19. The van der Waals surface area contributed by atoms with Crippen LogP contribution in [-0.4, -0.2) is 23.6 Å². The average Bonchev–Trinajstić information content (AvgIpc) is 2.78. The summed E-state index contributed by atoms with van der Waals surface area (Å²) in [7, 11) is 3.21. The first kappa shape index (κ1) is 17.3. The van der Waals surface area contributed by atoms with Crippen LogP contribution < -0.4 is 15.0 Å². The molecule has 0 saturated heterocycles. The monoisotopic (exact) mass is 382 g/mol. The molecule has 2 aromatic heterocycles. The van der Waals surface area contributed by atoms with Gasteiger partial charge >= 0.3 is 0 Å². The fourth-order valence-electron chi connectivity index (χ4n) is 3.84. The Morgan fingerprint density at radius 2 is 1.48 bits per heavy atom. The van der Waals surface area contributed by atoms with E-state index in [0.717, 1.165) is 27.5 Å². The standard InChI is InChI=1S/C24H18N2O3/c1-28-21-13-16-12-20(15-8-4-3-5-9-15)26-19-11-7-6-10-17(19)24(27)25-23(26)18(16)14-22(21)29-2/h3-14H,1-2H3. The number of ether oxygens (including phenoxy) is 2. The van der Waals surface area contributed by atoms with Crippen LogP contribution >= 0.6 is 0 Å². The summed E-state index contributed by atoms with van der Waals surface area (Å²) in [4.78, 5) is 17.2. The molecular weight excluding hydrogens is 364 g/mol. The molecule has 0 saturated carbocycles. The minimum absolute atomic E-state index is 0.248. The Hall–Kier alpha value is -3.86. The highest BCUT2D eigenvalue weighted by molar-refractivity contribution is 6.01. The molecule has 5 heteroatoms. The van der Waals surface area contributed by atoms with Gasteiger partial charge < -0.3 is 9.47 Å². The van der Waals surface area contributed by atoms with E-state index in [2.05, 4.69) is 11.1 Å². The normalized spacial score (nSPS) is 11.2. The third kappa shape index (κ3) is 2.63. The summed E-state index contributed by atoms with van der Waals surface area (Å²) in [5, 5.41) is 2.33. The second-order valence-electron chi connectivity index (χ2n) is 6.78. The van der Waals surface area contributed by atoms with E-state index < -0.39 is 0 Å². The molecule has 0 atom stereocenters. The van der Waals surface area contributed by atoms with Gasteiger partial charge in [0.05, 0.1) is 30.8 Å². The second kappa shape index (κ2) is 6.63. The topological polar surface area (TPSA) is 52.8 Å². The number of nitrogens with zero attached hydrogens (tertiary/aromatic N) is 2. The van der Waals surface area contributed by atoms with E-state index >= 15 is 0 Å². The SMILES string of the molecule is COc1cc2cc(-c3ccccc3)n3c4ccccc4c(=O)nc3c2cc1OC. The predicted molar refractivity (Wildman–Crippen MR) is 115 cm³/mol. The number of fused-ring (bicyclic) bond motifs is 5. The zero-order valence-corrected chi connectivity index (χ0v) is 16.0. The number of rotatable bonds is 3. The lowest BCUT2D eigenvalue weighted by molar-refractivity contribution is 0.356. The molecule has 142 valence electrons. The highest BCUT2D eigenvalue weighted by Crippen LogP contribution is 2.36. The lowest BCUT2D eigenvalue weighted by Crippen LogP contribution is -2.12. The van der Waals surface area contributed by atoms with Crippen LogP contribution in [0, 0.1) is 0 Å². The van der Waals surface area contributed by atoms with E-state index in [1.807, 2.05) is 71.1 Å². The molecule has 0 radical (unpaired) electrons. The van der Waals surface area contributed by atoms with E-state index in [1.54, 1.807) is 14.2 Å². The number of pyridine rings is 1. The van der Waals surface area contributed by atoms with Gasteiger partial charge in [0.1, 0.15) is 5.65 Å². The first-order chi connectivity index (χ1) is 14.2. The van der Waals surface area contributed by atoms with Gasteiger partial charge in [-0.3, -0.25) is 9.20 Å². The maximum atomic E-state index is 12.8. The number of para-hydroxylation sites is 1. The van der Waals surface area contributed by atoms with Gasteiger partial charge in [-0.25, -0.2) is 0 Å². The van der Waals surface area contributed by atoms with Gasteiger partial charge in [-0.05, 0) is 41.3 Å². The van der Waals surface area contributed by atoms with Gasteiger partial charge in [0.15, 0.2) is 11.5 Å². The maximum Gasteiger partial charge on any atom is 0.281 e. The number of hydrogen-bond donors (Lipinski definition) is 0. The van der Waals surface area contributed by atoms with Crippen molar-refractivity contribution in [2.75, 3.05) is 14.2 Å². The molecule has 2 heterocycles. The van der Waals surface area contributed by atoms with E-state index in [4.69, 9.17) is 9.47 Å². The minimum Gasteiger partial charge on any atom is -0.493 e. The zero-order valence-electron chi connectivity index (χ0n) is 16.0. The molecule has 29 heavy (non-hydrogen) atoms. The molecule has 0 spiro atoms. The fourth-order valence-corrected chi connectivity index (χ4v) is 3.84. The van der Waals surface area contributed by atoms with Crippen molar-refractivity contribution in [2.45, 2.75) is 0 Å². The maximum absolute atomic E-state index is 12.8. The molecule has 5 nitrogen and oxygen atoms in total. The Bertz CT molecular complexity index is 1440. The summed E-state index contributed by atoms with van der Waals surface area (Å²) in [5.74, 6) is 1.23. The second-order valence-corrected chi connectivity index (χ2v) is 6.78. The fraction of sp³-hybridized carbons (Fsp3) is 0.0833. The molecule has 0 unspecified atom stereocenters. The van der Waals surface area contributed by atoms with Crippen molar-refractivity contribution in [3.8, 4) is 22.8 Å². The quantitative estimate of drug-likeness (QED) is 0.425. The summed E-state index contributed by atoms with van der Waals surface area (Å²) in [6.07, 6.45) is 0. The summed E-state index contributed by atoms with van der Waals surface area (Å²) < 4.78 is 13.0. The van der Waals surface area contributed by atoms with E-state index in [0.29, 0.717) is 22.5 Å². The predicted octanol–water partition coefficient (Wildman–Crippen LogP) is 4.69. The lowest BCUT2D eigenvalue weighted by Gasteiger charge is -2.16. The molecule has 0 aliphatic carbocycles. The Kier molecular flexibility index (Phi) is 3.95. The molecule has 5 rings (SSSR count). The highest BCUT2D eigenvalue weighted by Gasteiger charge is 2.16. The summed E-state index contributed by atoms with van der Waals surface area (Å²) in [6, 6.07) is 23.5. The zero-order chi connectivity index (χ0) is 20.0. The summed E-state index contributed by atoms with van der Waals surface area (Å²) in [5.41, 5.74) is 3.14. The Morgan fingerprint density at radius 3 is 2.24 bits per heavy atom. The van der Waals surface area contributed by atoms with Crippen LogP contribution in [0.25, 0.3) is 38.6 Å². The van der Waals surface area contributed by atoms with E-state index in [-0.39, 0.29) is 5.56 Å². The molecule has 0 fully saturated rings. The van der Waals surface area contributed by atoms with Crippen LogP contribution in [0.4, 0.5) is 0 Å². The number of aromatic nitrogens is 2. The largest absolute Gasteiger partial charge is 0.493 e. The smallest absolute Gasteiger partial charge is 0.281 e. The van der Waals surface area contributed by atoms with Crippen molar-refractivity contribution in [1.82, 2.24) is 9.38 Å². The molecule has 0 aliphatic heterocycles. The summed E-state index contributed by atoms with van der Waals surface area (Å²) >= 11 is 0. The van der Waals surface area contributed by atoms with Crippen LogP contribution in [0.1, 0.15) is 0 Å². The van der Waals surface area contributed by atoms with Crippen LogP contribution in [0.15, 0.2) is 77.6 Å². The van der Waals surface area contributed by atoms with Gasteiger partial charge in [0.2, 0.25) is 0 Å². The molecule has 0 bridgehead atoms. The first-order valence-corrected chi connectivity index (χ1v) is 9.27. The van der Waals surface area contributed by atoms with Crippen molar-refractivity contribution in [3.05, 3.63) is 83.2 Å². The van der Waals surface area contributed by atoms with Crippen molar-refractivity contribution in [3.63, 3.8) is 0 Å². The van der Waals surface area contributed by atoms with Gasteiger partial charge in [-0.2, -0.15) is 4.98 Å². The molecule has 3 aromatic carbocycles. The molecule has 0 amide bonds. The van der Waals surface area contributed by atoms with Crippen molar-refractivity contribution in [2.24, 2.45) is 0 Å². The Balaban J connectivity index is 2.06. The van der Waals surface area contributed by atoms with Crippen LogP contribution in [0.2, 0.25) is 0 Å². The van der Waals surface area contributed by atoms with Crippen LogP contribution in [0.3, 0.4) is 0 Å². The van der Waals surface area contributed by atoms with Gasteiger partial charge in [-0.15, -0.1) is 0 Å². The van der Waals surface area contributed by atoms with Crippen molar-refractivity contribution < 1.29 is 9.47 Å². The van der Waals surface area contributed by atoms with Crippen LogP contribution in [0.5, 0.6) is 11.5 Å². The summed E-state index contributed by atoms with van der Waals surface area (Å²) in [6.45, 7) is 0. The first-order valence-electron chi connectivity index (χ1n) is 9.27. The molecule has 0 aliphatic rings. The third-order valence-electron chi connectivity index (χ3n) is 5.19. The van der Waals surface area contributed by atoms with E-state index in [9.17, 15) is 4.79 Å². The Labute approximate surface area is 166 Å².